The molecule has 0 aromatic heterocycles. The van der Waals surface area contributed by atoms with Gasteiger partial charge in [0.1, 0.15) is 0 Å². The molecule has 1 heterocycles. The molecule has 130 valence electrons. The van der Waals surface area contributed by atoms with Crippen molar-refractivity contribution >= 4 is 18.3 Å². The molecule has 0 aromatic carbocycles. The highest BCUT2D eigenvalue weighted by Gasteiger charge is 2.33. The summed E-state index contributed by atoms with van der Waals surface area (Å²) in [7, 11) is 0. The van der Waals surface area contributed by atoms with Gasteiger partial charge < -0.3 is 15.4 Å². The second-order valence-electron chi connectivity index (χ2n) is 6.83. The van der Waals surface area contributed by atoms with Crippen LogP contribution in [0.5, 0.6) is 0 Å². The number of ether oxygens (including phenoxy) is 1. The van der Waals surface area contributed by atoms with Crippen LogP contribution in [0.3, 0.4) is 0 Å². The quantitative estimate of drug-likeness (QED) is 0.638. The Labute approximate surface area is 141 Å². The Morgan fingerprint density at radius 1 is 1.36 bits per heavy atom. The maximum Gasteiger partial charge on any atom is 0.220 e. The maximum absolute atomic E-state index is 12.1. The van der Waals surface area contributed by atoms with Crippen LogP contribution in [0.1, 0.15) is 58.3 Å². The van der Waals surface area contributed by atoms with E-state index in [-0.39, 0.29) is 18.3 Å². The van der Waals surface area contributed by atoms with E-state index >= 15 is 0 Å². The summed E-state index contributed by atoms with van der Waals surface area (Å²) in [6.45, 7) is 6.72. The second-order valence-corrected chi connectivity index (χ2v) is 6.83. The Bertz CT molecular complexity index is 314. The molecule has 22 heavy (non-hydrogen) atoms. The van der Waals surface area contributed by atoms with Crippen LogP contribution in [-0.4, -0.2) is 38.8 Å². The van der Waals surface area contributed by atoms with Crippen molar-refractivity contribution in [3.8, 4) is 0 Å². The number of hydrogen-bond donors (Lipinski definition) is 2. The lowest BCUT2D eigenvalue weighted by molar-refractivity contribution is -0.122. The first-order valence-corrected chi connectivity index (χ1v) is 8.79. The molecule has 1 aliphatic carbocycles. The van der Waals surface area contributed by atoms with Gasteiger partial charge in [0, 0.05) is 26.2 Å². The Balaban J connectivity index is 0.00000242. The van der Waals surface area contributed by atoms with Crippen LogP contribution in [-0.2, 0) is 9.53 Å². The molecule has 2 fully saturated rings. The molecule has 0 radical (unpaired) electrons. The molecule has 0 spiro atoms. The summed E-state index contributed by atoms with van der Waals surface area (Å²) in [6.07, 6.45) is 9.13. The van der Waals surface area contributed by atoms with Crippen molar-refractivity contribution in [3.05, 3.63) is 0 Å². The number of carbonyl (C=O) groups is 1. The van der Waals surface area contributed by atoms with Gasteiger partial charge in [0.15, 0.2) is 0 Å². The minimum absolute atomic E-state index is 0. The summed E-state index contributed by atoms with van der Waals surface area (Å²) in [5, 5.41) is 6.56. The van der Waals surface area contributed by atoms with Crippen molar-refractivity contribution in [2.24, 2.45) is 11.3 Å². The van der Waals surface area contributed by atoms with Gasteiger partial charge in [0.05, 0.1) is 0 Å². The summed E-state index contributed by atoms with van der Waals surface area (Å²) < 4.78 is 5.52. The lowest BCUT2D eigenvalue weighted by Crippen LogP contribution is -2.37. The topological polar surface area (TPSA) is 50.4 Å². The molecule has 1 aliphatic heterocycles. The van der Waals surface area contributed by atoms with Crippen LogP contribution in [0, 0.1) is 11.3 Å². The fourth-order valence-electron chi connectivity index (χ4n) is 3.74. The van der Waals surface area contributed by atoms with E-state index in [9.17, 15) is 4.79 Å². The van der Waals surface area contributed by atoms with Crippen LogP contribution in [0.4, 0.5) is 0 Å². The molecule has 5 heteroatoms. The molecule has 1 unspecified atom stereocenters. The number of hydrogen-bond acceptors (Lipinski definition) is 3. The van der Waals surface area contributed by atoms with E-state index in [1.165, 1.54) is 32.1 Å². The van der Waals surface area contributed by atoms with E-state index in [0.29, 0.717) is 17.8 Å². The van der Waals surface area contributed by atoms with Crippen molar-refractivity contribution in [2.75, 3.05) is 32.8 Å². The van der Waals surface area contributed by atoms with Gasteiger partial charge in [-0.15, -0.1) is 12.4 Å². The number of halogens is 1. The first-order valence-electron chi connectivity index (χ1n) is 8.79. The van der Waals surface area contributed by atoms with Crippen LogP contribution >= 0.6 is 12.4 Å². The van der Waals surface area contributed by atoms with Gasteiger partial charge in [-0.05, 0) is 63.5 Å². The molecule has 2 N–H and O–H groups in total. The molecule has 1 saturated heterocycles. The van der Waals surface area contributed by atoms with Gasteiger partial charge in [-0.1, -0.05) is 12.8 Å². The number of amides is 1. The highest BCUT2D eigenvalue weighted by Crippen LogP contribution is 2.40. The summed E-state index contributed by atoms with van der Waals surface area (Å²) in [6, 6.07) is 0. The second kappa shape index (κ2) is 10.5. The van der Waals surface area contributed by atoms with Gasteiger partial charge in [-0.25, -0.2) is 0 Å². The zero-order chi connectivity index (χ0) is 15.0. The first kappa shape index (κ1) is 19.7. The van der Waals surface area contributed by atoms with Crippen LogP contribution in [0.15, 0.2) is 0 Å². The van der Waals surface area contributed by atoms with E-state index < -0.39 is 0 Å². The van der Waals surface area contributed by atoms with Crippen molar-refractivity contribution in [2.45, 2.75) is 58.3 Å². The fourth-order valence-corrected chi connectivity index (χ4v) is 3.74. The zero-order valence-electron chi connectivity index (χ0n) is 14.0. The average molecular weight is 333 g/mol. The maximum atomic E-state index is 12.1. The van der Waals surface area contributed by atoms with Gasteiger partial charge in [-0.2, -0.15) is 0 Å². The SMILES string of the molecule is CCOCCC1(CNC(=O)CCC2CCNC2)CCCC1.Cl. The highest BCUT2D eigenvalue weighted by molar-refractivity contribution is 5.85. The minimum atomic E-state index is 0. The van der Waals surface area contributed by atoms with E-state index in [1.807, 2.05) is 6.92 Å². The standard InChI is InChI=1S/C17H32N2O2.ClH/c1-2-21-12-10-17(8-3-4-9-17)14-19-16(20)6-5-15-7-11-18-13-15;/h15,18H,2-14H2,1H3,(H,19,20);1H. The van der Waals surface area contributed by atoms with Crippen LogP contribution in [0.25, 0.3) is 0 Å². The first-order chi connectivity index (χ1) is 10.2. The number of nitrogens with one attached hydrogen (secondary N) is 2. The van der Waals surface area contributed by atoms with Crippen molar-refractivity contribution in [3.63, 3.8) is 0 Å². The summed E-state index contributed by atoms with van der Waals surface area (Å²) in [4.78, 5) is 12.1. The van der Waals surface area contributed by atoms with E-state index in [1.54, 1.807) is 0 Å². The largest absolute Gasteiger partial charge is 0.382 e. The summed E-state index contributed by atoms with van der Waals surface area (Å²) in [5.41, 5.74) is 0.305. The van der Waals surface area contributed by atoms with Crippen LogP contribution in [0.2, 0.25) is 0 Å². The van der Waals surface area contributed by atoms with E-state index in [4.69, 9.17) is 4.74 Å². The van der Waals surface area contributed by atoms with Crippen molar-refractivity contribution in [1.82, 2.24) is 10.6 Å². The van der Waals surface area contributed by atoms with Gasteiger partial charge in [0.2, 0.25) is 5.91 Å². The molecule has 2 rings (SSSR count). The third-order valence-electron chi connectivity index (χ3n) is 5.25. The minimum Gasteiger partial charge on any atom is -0.382 e. The monoisotopic (exact) mass is 332 g/mol. The average Bonchev–Trinajstić information content (AvgIpc) is 3.15. The van der Waals surface area contributed by atoms with E-state index in [2.05, 4.69) is 10.6 Å². The molecule has 2 aliphatic rings. The predicted octanol–water partition coefficient (Wildman–Crippen LogP) is 2.90. The Hall–Kier alpha value is -0.320. The van der Waals surface area contributed by atoms with Crippen LogP contribution < -0.4 is 10.6 Å². The number of carbonyl (C=O) groups excluding carboxylic acids is 1. The number of rotatable bonds is 9. The molecule has 0 bridgehead atoms. The smallest absolute Gasteiger partial charge is 0.220 e. The highest BCUT2D eigenvalue weighted by atomic mass is 35.5. The molecule has 1 amide bonds. The molecule has 1 atom stereocenters. The molecule has 4 nitrogen and oxygen atoms in total. The molecular formula is C17H33ClN2O2. The zero-order valence-corrected chi connectivity index (χ0v) is 14.8. The lowest BCUT2D eigenvalue weighted by Gasteiger charge is -2.29. The third kappa shape index (κ3) is 6.43. The van der Waals surface area contributed by atoms with Gasteiger partial charge in [0.25, 0.3) is 0 Å². The van der Waals surface area contributed by atoms with Gasteiger partial charge >= 0.3 is 0 Å². The lowest BCUT2D eigenvalue weighted by atomic mass is 9.83. The normalized spacial score (nSPS) is 23.2. The summed E-state index contributed by atoms with van der Waals surface area (Å²) in [5.74, 6) is 0.943. The Morgan fingerprint density at radius 3 is 2.77 bits per heavy atom. The Kier molecular flexibility index (Phi) is 9.37. The molecule has 0 aromatic rings. The molecule has 1 saturated carbocycles. The van der Waals surface area contributed by atoms with Gasteiger partial charge in [-0.3, -0.25) is 4.79 Å². The van der Waals surface area contributed by atoms with E-state index in [0.717, 1.165) is 45.7 Å². The third-order valence-corrected chi connectivity index (χ3v) is 5.25. The molecular weight excluding hydrogens is 300 g/mol. The Morgan fingerprint density at radius 2 is 2.14 bits per heavy atom. The fraction of sp³-hybridized carbons (Fsp3) is 0.941. The summed E-state index contributed by atoms with van der Waals surface area (Å²) >= 11 is 0. The van der Waals surface area contributed by atoms with Crippen molar-refractivity contribution in [1.29, 1.82) is 0 Å². The van der Waals surface area contributed by atoms with Crippen molar-refractivity contribution < 1.29 is 9.53 Å². The predicted molar refractivity (Wildman–Crippen MR) is 92.5 cm³/mol.